The Morgan fingerprint density at radius 3 is 2.95 bits per heavy atom. The van der Waals surface area contributed by atoms with Crippen molar-refractivity contribution in [1.82, 2.24) is 4.31 Å². The molecule has 0 radical (unpaired) electrons. The zero-order valence-corrected chi connectivity index (χ0v) is 12.1. The van der Waals surface area contributed by atoms with E-state index in [1.54, 1.807) is 0 Å². The van der Waals surface area contributed by atoms with Gasteiger partial charge in [-0.1, -0.05) is 0 Å². The van der Waals surface area contributed by atoms with E-state index in [1.807, 2.05) is 0 Å². The van der Waals surface area contributed by atoms with Crippen molar-refractivity contribution < 1.29 is 23.1 Å². The summed E-state index contributed by atoms with van der Waals surface area (Å²) < 4.78 is 31.6. The fourth-order valence-electron chi connectivity index (χ4n) is 2.51. The van der Waals surface area contributed by atoms with E-state index in [2.05, 4.69) is 5.32 Å². The number of nitrogens with one attached hydrogen (secondary N) is 1. The molecule has 2 aliphatic rings. The smallest absolute Gasteiger partial charge is 0.262 e. The van der Waals surface area contributed by atoms with E-state index >= 15 is 0 Å². The van der Waals surface area contributed by atoms with Crippen molar-refractivity contribution in [1.29, 1.82) is 0 Å². The molecule has 1 atom stereocenters. The van der Waals surface area contributed by atoms with Crippen LogP contribution in [0.4, 0.5) is 5.69 Å². The van der Waals surface area contributed by atoms with Crippen LogP contribution >= 0.6 is 0 Å². The molecule has 0 bridgehead atoms. The lowest BCUT2D eigenvalue weighted by atomic mass is 10.1. The van der Waals surface area contributed by atoms with Gasteiger partial charge in [-0.3, -0.25) is 4.79 Å². The number of fused-ring (bicyclic) bond motifs is 1. The Morgan fingerprint density at radius 1 is 1.38 bits per heavy atom. The Bertz CT molecular complexity index is 673. The van der Waals surface area contributed by atoms with E-state index in [9.17, 15) is 18.3 Å². The summed E-state index contributed by atoms with van der Waals surface area (Å²) in [5, 5.41) is 12.2. The van der Waals surface area contributed by atoms with Gasteiger partial charge in [0.15, 0.2) is 6.61 Å². The predicted molar refractivity (Wildman–Crippen MR) is 74.6 cm³/mol. The maximum absolute atomic E-state index is 12.6. The lowest BCUT2D eigenvalue weighted by molar-refractivity contribution is -0.118. The number of β-amino-alcohol motifs (C(OH)–C–C–N with tert-alkyl or cyclic N) is 1. The van der Waals surface area contributed by atoms with Gasteiger partial charge < -0.3 is 15.2 Å². The molecular formula is C13H16N2O5S. The molecule has 2 aliphatic heterocycles. The molecule has 0 saturated carbocycles. The Hall–Kier alpha value is -1.64. The highest BCUT2D eigenvalue weighted by Crippen LogP contribution is 2.31. The summed E-state index contributed by atoms with van der Waals surface area (Å²) in [6.45, 7) is 0.416. The van der Waals surface area contributed by atoms with Crippen molar-refractivity contribution in [3.05, 3.63) is 18.2 Å². The number of benzene rings is 1. The third-order valence-electron chi connectivity index (χ3n) is 3.58. The van der Waals surface area contributed by atoms with Gasteiger partial charge in [-0.25, -0.2) is 8.42 Å². The van der Waals surface area contributed by atoms with Gasteiger partial charge in [0, 0.05) is 13.1 Å². The summed E-state index contributed by atoms with van der Waals surface area (Å²) in [5.74, 6) is 0.137. The number of carbonyl (C=O) groups excluding carboxylic acids is 1. The van der Waals surface area contributed by atoms with Crippen LogP contribution in [0.15, 0.2) is 23.1 Å². The Kier molecular flexibility index (Phi) is 3.60. The number of ether oxygens (including phenoxy) is 1. The van der Waals surface area contributed by atoms with Crippen LogP contribution in [-0.2, 0) is 14.8 Å². The van der Waals surface area contributed by atoms with Crippen LogP contribution in [0.2, 0.25) is 0 Å². The minimum Gasteiger partial charge on any atom is -0.482 e. The van der Waals surface area contributed by atoms with E-state index < -0.39 is 16.1 Å². The Morgan fingerprint density at radius 2 is 2.19 bits per heavy atom. The second-order valence-electron chi connectivity index (χ2n) is 5.15. The van der Waals surface area contributed by atoms with Gasteiger partial charge in [0.1, 0.15) is 5.75 Å². The number of nitrogens with zero attached hydrogens (tertiary/aromatic N) is 1. The molecule has 8 heteroatoms. The first-order valence-corrected chi connectivity index (χ1v) is 8.16. The van der Waals surface area contributed by atoms with E-state index in [4.69, 9.17) is 4.74 Å². The highest BCUT2D eigenvalue weighted by Gasteiger charge is 2.30. The fourth-order valence-corrected chi connectivity index (χ4v) is 4.05. The molecule has 2 heterocycles. The Balaban J connectivity index is 1.92. The second kappa shape index (κ2) is 5.28. The van der Waals surface area contributed by atoms with Crippen LogP contribution in [0, 0.1) is 0 Å². The first kappa shape index (κ1) is 14.3. The number of aliphatic hydroxyl groups is 1. The van der Waals surface area contributed by atoms with Gasteiger partial charge in [-0.15, -0.1) is 0 Å². The zero-order valence-electron chi connectivity index (χ0n) is 11.3. The van der Waals surface area contributed by atoms with E-state index in [0.717, 1.165) is 0 Å². The molecule has 7 nitrogen and oxygen atoms in total. The number of rotatable bonds is 2. The lowest BCUT2D eigenvalue weighted by Gasteiger charge is -2.29. The van der Waals surface area contributed by atoms with E-state index in [1.165, 1.54) is 22.5 Å². The molecule has 0 aromatic heterocycles. The molecule has 0 aliphatic carbocycles. The van der Waals surface area contributed by atoms with Gasteiger partial charge in [0.25, 0.3) is 5.91 Å². The van der Waals surface area contributed by atoms with Crippen LogP contribution in [0.3, 0.4) is 0 Å². The fraction of sp³-hybridized carbons (Fsp3) is 0.462. The highest BCUT2D eigenvalue weighted by molar-refractivity contribution is 7.89. The number of piperidine rings is 1. The van der Waals surface area contributed by atoms with Gasteiger partial charge >= 0.3 is 0 Å². The molecule has 2 N–H and O–H groups in total. The molecule has 1 fully saturated rings. The zero-order chi connectivity index (χ0) is 15.0. The molecule has 1 saturated heterocycles. The number of hydrogen-bond acceptors (Lipinski definition) is 5. The number of amides is 1. The van der Waals surface area contributed by atoms with Crippen molar-refractivity contribution in [2.75, 3.05) is 25.0 Å². The minimum atomic E-state index is -3.68. The molecule has 114 valence electrons. The van der Waals surface area contributed by atoms with E-state index in [0.29, 0.717) is 30.8 Å². The van der Waals surface area contributed by atoms with Gasteiger partial charge in [0.2, 0.25) is 10.0 Å². The number of aliphatic hydroxyl groups excluding tert-OH is 1. The molecule has 1 amide bonds. The largest absolute Gasteiger partial charge is 0.482 e. The normalized spacial score (nSPS) is 23.1. The number of carbonyl (C=O) groups is 1. The lowest BCUT2D eigenvalue weighted by Crippen LogP contribution is -2.42. The molecule has 0 spiro atoms. The predicted octanol–water partition coefficient (Wildman–Crippen LogP) is 0.163. The average molecular weight is 312 g/mol. The molecule has 1 aromatic carbocycles. The first-order valence-electron chi connectivity index (χ1n) is 6.72. The molecule has 3 rings (SSSR count). The van der Waals surface area contributed by atoms with Crippen LogP contribution < -0.4 is 10.1 Å². The van der Waals surface area contributed by atoms with Crippen molar-refractivity contribution in [3.8, 4) is 5.75 Å². The van der Waals surface area contributed by atoms with Crippen molar-refractivity contribution >= 4 is 21.6 Å². The second-order valence-corrected chi connectivity index (χ2v) is 7.09. The Labute approximate surface area is 122 Å². The van der Waals surface area contributed by atoms with E-state index in [-0.39, 0.29) is 24.0 Å². The topological polar surface area (TPSA) is 95.9 Å². The standard InChI is InChI=1S/C13H16N2O5S/c16-9-2-1-5-15(7-9)21(18,19)10-3-4-12-11(6-10)14-13(17)8-20-12/h3-4,6,9,16H,1-2,5,7-8H2,(H,14,17). The van der Waals surface area contributed by atoms with Crippen LogP contribution in [0.25, 0.3) is 0 Å². The quantitative estimate of drug-likeness (QED) is 0.811. The summed E-state index contributed by atoms with van der Waals surface area (Å²) in [4.78, 5) is 11.4. The first-order chi connectivity index (χ1) is 9.96. The van der Waals surface area contributed by atoms with Crippen molar-refractivity contribution in [2.45, 2.75) is 23.8 Å². The third kappa shape index (κ3) is 2.74. The summed E-state index contributed by atoms with van der Waals surface area (Å²) in [6.07, 6.45) is 0.611. The van der Waals surface area contributed by atoms with Gasteiger partial charge in [0.05, 0.1) is 16.7 Å². The highest BCUT2D eigenvalue weighted by atomic mass is 32.2. The number of sulfonamides is 1. The molecule has 1 aromatic rings. The summed E-state index contributed by atoms with van der Waals surface area (Å²) in [6, 6.07) is 4.37. The number of anilines is 1. The number of hydrogen-bond donors (Lipinski definition) is 2. The molecule has 21 heavy (non-hydrogen) atoms. The van der Waals surface area contributed by atoms with Crippen molar-refractivity contribution in [2.24, 2.45) is 0 Å². The summed E-state index contributed by atoms with van der Waals surface area (Å²) >= 11 is 0. The van der Waals surface area contributed by atoms with Crippen LogP contribution in [-0.4, -0.2) is 49.5 Å². The van der Waals surface area contributed by atoms with Gasteiger partial charge in [-0.2, -0.15) is 4.31 Å². The monoisotopic (exact) mass is 312 g/mol. The maximum Gasteiger partial charge on any atom is 0.262 e. The molecular weight excluding hydrogens is 296 g/mol. The summed E-state index contributed by atoms with van der Waals surface area (Å²) in [7, 11) is -3.68. The minimum absolute atomic E-state index is 0.0720. The van der Waals surface area contributed by atoms with Crippen LogP contribution in [0.1, 0.15) is 12.8 Å². The summed E-state index contributed by atoms with van der Waals surface area (Å²) in [5.41, 5.74) is 0.352. The van der Waals surface area contributed by atoms with Crippen LogP contribution in [0.5, 0.6) is 5.75 Å². The maximum atomic E-state index is 12.6. The van der Waals surface area contributed by atoms with Crippen molar-refractivity contribution in [3.63, 3.8) is 0 Å². The molecule has 1 unspecified atom stereocenters. The SMILES string of the molecule is O=C1COc2ccc(S(=O)(=O)N3CCCC(O)C3)cc2N1. The van der Waals surface area contributed by atoms with Gasteiger partial charge in [-0.05, 0) is 31.0 Å². The average Bonchev–Trinajstić information content (AvgIpc) is 2.46. The third-order valence-corrected chi connectivity index (χ3v) is 5.44.